The van der Waals surface area contributed by atoms with Crippen molar-refractivity contribution in [2.45, 2.75) is 38.8 Å². The van der Waals surface area contributed by atoms with Gasteiger partial charge in [0.25, 0.3) is 0 Å². The number of amides is 1. The van der Waals surface area contributed by atoms with Crippen LogP contribution in [0.3, 0.4) is 0 Å². The Labute approximate surface area is 107 Å². The number of carbonyl (C=O) groups excluding carboxylic acids is 1. The molecule has 0 saturated carbocycles. The molecule has 4 heteroatoms. The van der Waals surface area contributed by atoms with Crippen LogP contribution in [0.25, 0.3) is 0 Å². The van der Waals surface area contributed by atoms with Gasteiger partial charge in [0.2, 0.25) is 5.91 Å². The largest absolute Gasteiger partial charge is 0.353 e. The van der Waals surface area contributed by atoms with Crippen LogP contribution in [0.1, 0.15) is 38.3 Å². The molecule has 94 valence electrons. The van der Waals surface area contributed by atoms with Gasteiger partial charge in [-0.25, -0.2) is 0 Å². The highest BCUT2D eigenvalue weighted by molar-refractivity contribution is 7.07. The highest BCUT2D eigenvalue weighted by atomic mass is 32.1. The van der Waals surface area contributed by atoms with E-state index in [9.17, 15) is 4.79 Å². The summed E-state index contributed by atoms with van der Waals surface area (Å²) >= 11 is 1.73. The summed E-state index contributed by atoms with van der Waals surface area (Å²) in [6.45, 7) is 5.56. The molecule has 2 heterocycles. The van der Waals surface area contributed by atoms with Gasteiger partial charge in [0, 0.05) is 12.1 Å². The van der Waals surface area contributed by atoms with Gasteiger partial charge in [-0.1, -0.05) is 0 Å². The molecule has 1 amide bonds. The Morgan fingerprint density at radius 1 is 1.65 bits per heavy atom. The fourth-order valence-electron chi connectivity index (χ4n) is 2.41. The van der Waals surface area contributed by atoms with Crippen LogP contribution in [0.2, 0.25) is 0 Å². The first-order chi connectivity index (χ1) is 8.16. The molecule has 0 bridgehead atoms. The van der Waals surface area contributed by atoms with Gasteiger partial charge in [-0.15, -0.1) is 0 Å². The van der Waals surface area contributed by atoms with Crippen molar-refractivity contribution in [2.75, 3.05) is 13.1 Å². The van der Waals surface area contributed by atoms with Crippen LogP contribution in [0.4, 0.5) is 0 Å². The van der Waals surface area contributed by atoms with Gasteiger partial charge in [-0.2, -0.15) is 11.3 Å². The van der Waals surface area contributed by atoms with E-state index >= 15 is 0 Å². The molecule has 1 saturated heterocycles. The van der Waals surface area contributed by atoms with Crippen LogP contribution in [0.5, 0.6) is 0 Å². The number of thiophene rings is 1. The number of likely N-dealkylation sites (tertiary alicyclic amines) is 1. The van der Waals surface area contributed by atoms with Crippen molar-refractivity contribution in [1.29, 1.82) is 0 Å². The van der Waals surface area contributed by atoms with Crippen LogP contribution in [0, 0.1) is 0 Å². The number of hydrogen-bond donors (Lipinski definition) is 1. The van der Waals surface area contributed by atoms with Crippen LogP contribution in [0.15, 0.2) is 16.8 Å². The predicted molar refractivity (Wildman–Crippen MR) is 71.1 cm³/mol. The van der Waals surface area contributed by atoms with Crippen LogP contribution in [-0.2, 0) is 4.79 Å². The van der Waals surface area contributed by atoms with E-state index in [1.165, 1.54) is 18.4 Å². The maximum atomic E-state index is 11.8. The molecular formula is C13H20N2OS. The second kappa shape index (κ2) is 5.65. The molecule has 1 aromatic rings. The van der Waals surface area contributed by atoms with Gasteiger partial charge in [-0.3, -0.25) is 9.69 Å². The molecule has 1 aliphatic heterocycles. The number of nitrogens with one attached hydrogen (secondary N) is 1. The lowest BCUT2D eigenvalue weighted by molar-refractivity contribution is -0.122. The van der Waals surface area contributed by atoms with E-state index in [0.29, 0.717) is 12.6 Å². The van der Waals surface area contributed by atoms with Crippen molar-refractivity contribution in [2.24, 2.45) is 0 Å². The van der Waals surface area contributed by atoms with E-state index in [4.69, 9.17) is 0 Å². The SMILES string of the molecule is CC(C)NC(=O)CN1CCC[C@H]1c1ccsc1. The Hall–Kier alpha value is -0.870. The van der Waals surface area contributed by atoms with Gasteiger partial charge in [0.15, 0.2) is 0 Å². The Kier molecular flexibility index (Phi) is 4.18. The summed E-state index contributed by atoms with van der Waals surface area (Å²) in [6, 6.07) is 2.84. The van der Waals surface area contributed by atoms with Crippen molar-refractivity contribution in [3.8, 4) is 0 Å². The third-order valence-electron chi connectivity index (χ3n) is 3.09. The Morgan fingerprint density at radius 3 is 3.12 bits per heavy atom. The summed E-state index contributed by atoms with van der Waals surface area (Å²) in [5.74, 6) is 0.141. The second-order valence-electron chi connectivity index (χ2n) is 4.91. The van der Waals surface area contributed by atoms with Gasteiger partial charge in [0.05, 0.1) is 6.54 Å². The minimum Gasteiger partial charge on any atom is -0.353 e. The van der Waals surface area contributed by atoms with E-state index in [2.05, 4.69) is 27.0 Å². The Morgan fingerprint density at radius 2 is 2.47 bits per heavy atom. The van der Waals surface area contributed by atoms with Gasteiger partial charge in [-0.05, 0) is 55.6 Å². The highest BCUT2D eigenvalue weighted by Gasteiger charge is 2.27. The molecule has 0 unspecified atom stereocenters. The molecule has 0 radical (unpaired) electrons. The normalized spacial score (nSPS) is 21.0. The van der Waals surface area contributed by atoms with Crippen molar-refractivity contribution in [3.05, 3.63) is 22.4 Å². The van der Waals surface area contributed by atoms with Crippen molar-refractivity contribution < 1.29 is 4.79 Å². The predicted octanol–water partition coefficient (Wildman–Crippen LogP) is 2.41. The van der Waals surface area contributed by atoms with Gasteiger partial charge in [0.1, 0.15) is 0 Å². The lowest BCUT2D eigenvalue weighted by atomic mass is 10.1. The molecule has 1 N–H and O–H groups in total. The molecule has 1 aliphatic rings. The first kappa shape index (κ1) is 12.6. The van der Waals surface area contributed by atoms with Crippen molar-refractivity contribution >= 4 is 17.2 Å². The lowest BCUT2D eigenvalue weighted by Gasteiger charge is -2.23. The lowest BCUT2D eigenvalue weighted by Crippen LogP contribution is -2.39. The van der Waals surface area contributed by atoms with E-state index in [-0.39, 0.29) is 11.9 Å². The van der Waals surface area contributed by atoms with Crippen LogP contribution >= 0.6 is 11.3 Å². The summed E-state index contributed by atoms with van der Waals surface area (Å²) in [5.41, 5.74) is 1.37. The number of nitrogens with zero attached hydrogens (tertiary/aromatic N) is 1. The summed E-state index contributed by atoms with van der Waals surface area (Å²) < 4.78 is 0. The quantitative estimate of drug-likeness (QED) is 0.892. The molecule has 3 nitrogen and oxygen atoms in total. The first-order valence-corrected chi connectivity index (χ1v) is 7.16. The molecule has 2 rings (SSSR count). The van der Waals surface area contributed by atoms with Crippen LogP contribution < -0.4 is 5.32 Å². The van der Waals surface area contributed by atoms with Crippen molar-refractivity contribution in [3.63, 3.8) is 0 Å². The van der Waals surface area contributed by atoms with E-state index < -0.39 is 0 Å². The monoisotopic (exact) mass is 252 g/mol. The standard InChI is InChI=1S/C13H20N2OS/c1-10(2)14-13(16)8-15-6-3-4-12(15)11-5-7-17-9-11/h5,7,9-10,12H,3-4,6,8H2,1-2H3,(H,14,16)/t12-/m0/s1. The average Bonchev–Trinajstić information content (AvgIpc) is 2.84. The molecule has 1 aromatic heterocycles. The summed E-state index contributed by atoms with van der Waals surface area (Å²) in [5, 5.41) is 7.27. The minimum absolute atomic E-state index is 0.141. The number of rotatable bonds is 4. The summed E-state index contributed by atoms with van der Waals surface area (Å²) in [4.78, 5) is 14.1. The Balaban J connectivity index is 1.94. The fraction of sp³-hybridized carbons (Fsp3) is 0.615. The molecule has 0 aliphatic carbocycles. The fourth-order valence-corrected chi connectivity index (χ4v) is 3.12. The highest BCUT2D eigenvalue weighted by Crippen LogP contribution is 2.32. The maximum Gasteiger partial charge on any atom is 0.234 e. The molecule has 1 atom stereocenters. The van der Waals surface area contributed by atoms with E-state index in [1.807, 2.05) is 13.8 Å². The topological polar surface area (TPSA) is 32.3 Å². The van der Waals surface area contributed by atoms with E-state index in [1.54, 1.807) is 11.3 Å². The third kappa shape index (κ3) is 3.30. The van der Waals surface area contributed by atoms with E-state index in [0.717, 1.165) is 6.54 Å². The first-order valence-electron chi connectivity index (χ1n) is 6.22. The van der Waals surface area contributed by atoms with Crippen LogP contribution in [-0.4, -0.2) is 29.9 Å². The average molecular weight is 252 g/mol. The third-order valence-corrected chi connectivity index (χ3v) is 3.79. The van der Waals surface area contributed by atoms with Gasteiger partial charge >= 0.3 is 0 Å². The molecular weight excluding hydrogens is 232 g/mol. The minimum atomic E-state index is 0.141. The smallest absolute Gasteiger partial charge is 0.234 e. The summed E-state index contributed by atoms with van der Waals surface area (Å²) in [6.07, 6.45) is 2.36. The Bertz CT molecular complexity index is 362. The number of hydrogen-bond acceptors (Lipinski definition) is 3. The zero-order valence-corrected chi connectivity index (χ0v) is 11.3. The van der Waals surface area contributed by atoms with Gasteiger partial charge < -0.3 is 5.32 Å². The number of carbonyl (C=O) groups is 1. The van der Waals surface area contributed by atoms with Crippen molar-refractivity contribution in [1.82, 2.24) is 10.2 Å². The second-order valence-corrected chi connectivity index (χ2v) is 5.69. The molecule has 17 heavy (non-hydrogen) atoms. The molecule has 1 fully saturated rings. The molecule has 0 aromatic carbocycles. The summed E-state index contributed by atoms with van der Waals surface area (Å²) in [7, 11) is 0. The zero-order chi connectivity index (χ0) is 12.3. The molecule has 0 spiro atoms. The zero-order valence-electron chi connectivity index (χ0n) is 10.5. The maximum absolute atomic E-state index is 11.8.